The van der Waals surface area contributed by atoms with Gasteiger partial charge in [-0.25, -0.2) is 4.79 Å². The summed E-state index contributed by atoms with van der Waals surface area (Å²) < 4.78 is 78.1. The topological polar surface area (TPSA) is 84.2 Å². The quantitative estimate of drug-likeness (QED) is 0.536. The number of unbranched alkanes of at least 4 members (excludes halogenated alkanes) is 1. The van der Waals surface area contributed by atoms with E-state index < -0.39 is 42.3 Å². The van der Waals surface area contributed by atoms with Gasteiger partial charge in [0.2, 0.25) is 0 Å². The largest absolute Gasteiger partial charge is 0.430 e. The minimum absolute atomic E-state index is 0.00855. The first kappa shape index (κ1) is 26.0. The van der Waals surface area contributed by atoms with Crippen molar-refractivity contribution < 1.29 is 46.5 Å². The number of alkyl halides is 6. The van der Waals surface area contributed by atoms with Gasteiger partial charge in [-0.2, -0.15) is 26.3 Å². The molecule has 1 aromatic rings. The van der Waals surface area contributed by atoms with Crippen LogP contribution in [0.15, 0.2) is 24.3 Å². The Morgan fingerprint density at radius 2 is 1.57 bits per heavy atom. The molecule has 0 aliphatic heterocycles. The van der Waals surface area contributed by atoms with Gasteiger partial charge in [0.15, 0.2) is 0 Å². The molecule has 1 aromatic carbocycles. The second kappa shape index (κ2) is 9.84. The van der Waals surface area contributed by atoms with E-state index in [1.54, 1.807) is 0 Å². The summed E-state index contributed by atoms with van der Waals surface area (Å²) in [5.41, 5.74) is -6.48. The fourth-order valence-electron chi connectivity index (χ4n) is 2.68. The Kier molecular flexibility index (Phi) is 8.52. The molecule has 3 N–H and O–H groups in total. The number of nitrogens with zero attached hydrogens (tertiary/aromatic N) is 2. The highest BCUT2D eigenvalue weighted by Crippen LogP contribution is 2.50. The third-order valence-corrected chi connectivity index (χ3v) is 4.41. The van der Waals surface area contributed by atoms with E-state index in [1.807, 2.05) is 6.92 Å². The highest BCUT2D eigenvalue weighted by molar-refractivity contribution is 5.91. The van der Waals surface area contributed by atoms with Crippen molar-refractivity contribution in [3.05, 3.63) is 29.8 Å². The van der Waals surface area contributed by atoms with E-state index in [0.29, 0.717) is 25.0 Å². The van der Waals surface area contributed by atoms with Crippen LogP contribution in [-0.2, 0) is 5.60 Å². The van der Waals surface area contributed by atoms with E-state index >= 15 is 0 Å². The van der Waals surface area contributed by atoms with Crippen LogP contribution in [-0.4, -0.2) is 71.5 Å². The molecule has 2 amide bonds. The fourth-order valence-corrected chi connectivity index (χ4v) is 2.68. The number of urea groups is 1. The molecular weight excluding hydrogens is 422 g/mol. The molecule has 0 spiro atoms. The van der Waals surface area contributed by atoms with Crippen molar-refractivity contribution in [3.8, 4) is 0 Å². The molecule has 6 nitrogen and oxygen atoms in total. The van der Waals surface area contributed by atoms with Crippen LogP contribution < -0.4 is 4.90 Å². The lowest BCUT2D eigenvalue weighted by atomic mass is 9.92. The average molecular weight is 446 g/mol. The van der Waals surface area contributed by atoms with Gasteiger partial charge in [0.05, 0.1) is 19.3 Å². The van der Waals surface area contributed by atoms with Gasteiger partial charge in [-0.05, 0) is 18.6 Å². The van der Waals surface area contributed by atoms with Crippen molar-refractivity contribution in [3.63, 3.8) is 0 Å². The summed E-state index contributed by atoms with van der Waals surface area (Å²) in [5.74, 6) is 0. The predicted molar refractivity (Wildman–Crippen MR) is 95.8 cm³/mol. The fraction of sp³-hybridized carbons (Fsp3) is 0.611. The summed E-state index contributed by atoms with van der Waals surface area (Å²) in [5, 5.41) is 27.8. The Morgan fingerprint density at radius 1 is 1.07 bits per heavy atom. The van der Waals surface area contributed by atoms with E-state index in [2.05, 4.69) is 0 Å². The number of halogens is 6. The van der Waals surface area contributed by atoms with E-state index in [4.69, 9.17) is 5.11 Å². The van der Waals surface area contributed by atoms with Crippen LogP contribution in [0.25, 0.3) is 0 Å². The number of aliphatic hydroxyl groups excluding tert-OH is 2. The molecule has 1 unspecified atom stereocenters. The molecule has 0 aliphatic carbocycles. The monoisotopic (exact) mass is 446 g/mol. The Hall–Kier alpha value is -2.05. The van der Waals surface area contributed by atoms with Crippen LogP contribution in [0.2, 0.25) is 0 Å². The van der Waals surface area contributed by atoms with Crippen molar-refractivity contribution in [2.45, 2.75) is 43.8 Å². The van der Waals surface area contributed by atoms with E-state index in [-0.39, 0.29) is 18.8 Å². The first-order chi connectivity index (χ1) is 13.7. The summed E-state index contributed by atoms with van der Waals surface area (Å²) in [6, 6.07) is 2.00. The first-order valence-electron chi connectivity index (χ1n) is 8.98. The maximum absolute atomic E-state index is 13.0. The third kappa shape index (κ3) is 5.55. The zero-order valence-electron chi connectivity index (χ0n) is 16.3. The number of hydrogen-bond donors (Lipinski definition) is 3. The summed E-state index contributed by atoms with van der Waals surface area (Å²) in [7, 11) is 1.32. The lowest BCUT2D eigenvalue weighted by Gasteiger charge is -2.33. The van der Waals surface area contributed by atoms with E-state index in [9.17, 15) is 41.4 Å². The van der Waals surface area contributed by atoms with Gasteiger partial charge >= 0.3 is 18.4 Å². The van der Waals surface area contributed by atoms with Gasteiger partial charge in [0.1, 0.15) is 0 Å². The number of aliphatic hydroxyl groups is 3. The normalized spacial score (nSPS) is 13.8. The highest BCUT2D eigenvalue weighted by Gasteiger charge is 2.71. The Balaban J connectivity index is 3.28. The number of hydrogen-bond acceptors (Lipinski definition) is 4. The molecule has 0 saturated carbocycles. The van der Waals surface area contributed by atoms with Gasteiger partial charge in [-0.1, -0.05) is 25.5 Å². The van der Waals surface area contributed by atoms with Crippen molar-refractivity contribution in [2.75, 3.05) is 31.6 Å². The van der Waals surface area contributed by atoms with Crippen molar-refractivity contribution in [1.82, 2.24) is 4.90 Å². The zero-order chi connectivity index (χ0) is 23.3. The van der Waals surface area contributed by atoms with E-state index in [1.165, 1.54) is 7.05 Å². The minimum atomic E-state index is -6.01. The number of benzene rings is 1. The molecule has 1 rings (SSSR count). The lowest BCUT2D eigenvalue weighted by Crippen LogP contribution is -2.53. The molecule has 1 atom stereocenters. The molecule has 12 heteroatoms. The van der Waals surface area contributed by atoms with Crippen LogP contribution in [0.3, 0.4) is 0 Å². The van der Waals surface area contributed by atoms with Crippen LogP contribution in [0.4, 0.5) is 36.8 Å². The number of anilines is 1. The van der Waals surface area contributed by atoms with Gasteiger partial charge in [-0.15, -0.1) is 0 Å². The van der Waals surface area contributed by atoms with Crippen molar-refractivity contribution in [2.24, 2.45) is 0 Å². The second-order valence-corrected chi connectivity index (χ2v) is 6.76. The Labute approximate surface area is 169 Å². The molecule has 0 bridgehead atoms. The molecular formula is C18H24F6N2O4. The summed E-state index contributed by atoms with van der Waals surface area (Å²) in [6.07, 6.45) is -12.1. The van der Waals surface area contributed by atoms with Gasteiger partial charge in [0, 0.05) is 24.8 Å². The molecule has 0 radical (unpaired) electrons. The molecule has 0 aromatic heterocycles. The molecule has 0 heterocycles. The molecule has 0 saturated heterocycles. The number of likely N-dealkylation sites (N-methyl/N-ethyl adjacent to an activating group) is 1. The van der Waals surface area contributed by atoms with Crippen molar-refractivity contribution >= 4 is 11.7 Å². The lowest BCUT2D eigenvalue weighted by molar-refractivity contribution is -0.376. The number of carbonyl (C=O) groups is 1. The standard InChI is InChI=1S/C18H24F6N2O4/c1-3-4-9-26(15(29)25(2)10-14(28)11-27)13-7-5-12(6-8-13)16(30,17(19,20)21)18(22,23)24/h5-8,14,27-28,30H,3-4,9-11H2,1-2H3. The van der Waals surface area contributed by atoms with Crippen molar-refractivity contribution in [1.29, 1.82) is 0 Å². The SMILES string of the molecule is CCCCN(C(=O)N(C)CC(O)CO)c1ccc(C(O)(C(F)(F)F)C(F)(F)F)cc1. The third-order valence-electron chi connectivity index (χ3n) is 4.41. The first-order valence-corrected chi connectivity index (χ1v) is 8.98. The Morgan fingerprint density at radius 3 is 1.97 bits per heavy atom. The van der Waals surface area contributed by atoms with Gasteiger partial charge in [-0.3, -0.25) is 4.90 Å². The molecule has 0 aliphatic rings. The minimum Gasteiger partial charge on any atom is -0.394 e. The summed E-state index contributed by atoms with van der Waals surface area (Å²) >= 11 is 0. The van der Waals surface area contributed by atoms with Crippen LogP contribution in [0, 0.1) is 0 Å². The molecule has 0 fully saturated rings. The summed E-state index contributed by atoms with van der Waals surface area (Å²) in [6.45, 7) is 1.08. The van der Waals surface area contributed by atoms with Gasteiger partial charge < -0.3 is 20.2 Å². The summed E-state index contributed by atoms with van der Waals surface area (Å²) in [4.78, 5) is 14.8. The van der Waals surface area contributed by atoms with E-state index in [0.717, 1.165) is 21.9 Å². The predicted octanol–water partition coefficient (Wildman–Crippen LogP) is 3.01. The second-order valence-electron chi connectivity index (χ2n) is 6.76. The molecule has 172 valence electrons. The van der Waals surface area contributed by atoms with Crippen LogP contribution >= 0.6 is 0 Å². The van der Waals surface area contributed by atoms with Gasteiger partial charge in [0.25, 0.3) is 5.60 Å². The average Bonchev–Trinajstić information content (AvgIpc) is 2.65. The maximum atomic E-state index is 13.0. The zero-order valence-corrected chi connectivity index (χ0v) is 16.3. The number of rotatable bonds is 8. The highest BCUT2D eigenvalue weighted by atomic mass is 19.4. The van der Waals surface area contributed by atoms with Crippen LogP contribution in [0.5, 0.6) is 0 Å². The Bertz CT molecular complexity index is 679. The number of amides is 2. The van der Waals surface area contributed by atoms with Crippen LogP contribution in [0.1, 0.15) is 25.3 Å². The maximum Gasteiger partial charge on any atom is 0.430 e. The molecule has 30 heavy (non-hydrogen) atoms. The number of carbonyl (C=O) groups excluding carboxylic acids is 1. The smallest absolute Gasteiger partial charge is 0.394 e.